The third-order valence-corrected chi connectivity index (χ3v) is 2.09. The summed E-state index contributed by atoms with van der Waals surface area (Å²) < 4.78 is 0. The molecule has 0 spiro atoms. The van der Waals surface area contributed by atoms with Crippen LogP contribution >= 0.6 is 0 Å². The molecule has 1 aromatic heterocycles. The molecule has 0 bridgehead atoms. The number of aliphatic hydroxyl groups is 1. The molecule has 0 fully saturated rings. The van der Waals surface area contributed by atoms with Crippen LogP contribution in [0.1, 0.15) is 13.3 Å². The maximum Gasteiger partial charge on any atom is 0.242 e. The lowest BCUT2D eigenvalue weighted by Crippen LogP contribution is -2.32. The molecular formula is C11H18N4O2. The Morgan fingerprint density at radius 2 is 2.35 bits per heavy atom. The lowest BCUT2D eigenvalue weighted by molar-refractivity contribution is -0.117. The molecule has 1 unspecified atom stereocenters. The number of hydrogen-bond donors (Lipinski definition) is 4. The Kier molecular flexibility index (Phi) is 5.38. The summed E-state index contributed by atoms with van der Waals surface area (Å²) in [6, 6.07) is 2.95. The van der Waals surface area contributed by atoms with E-state index in [0.717, 1.165) is 5.69 Å². The number of nitrogens with two attached hydrogens (primary N) is 1. The highest BCUT2D eigenvalue weighted by molar-refractivity contribution is 5.93. The fourth-order valence-electron chi connectivity index (χ4n) is 1.12. The van der Waals surface area contributed by atoms with Crippen LogP contribution in [0, 0.1) is 0 Å². The van der Waals surface area contributed by atoms with Gasteiger partial charge in [-0.1, -0.05) is 0 Å². The minimum Gasteiger partial charge on any atom is -0.396 e. The zero-order valence-corrected chi connectivity index (χ0v) is 9.81. The van der Waals surface area contributed by atoms with Gasteiger partial charge in [0.1, 0.15) is 5.82 Å². The second-order valence-corrected chi connectivity index (χ2v) is 3.71. The quantitative estimate of drug-likeness (QED) is 0.529. The number of rotatable bonds is 6. The van der Waals surface area contributed by atoms with Gasteiger partial charge in [-0.3, -0.25) is 4.79 Å². The molecule has 1 heterocycles. The molecule has 1 rings (SSSR count). The predicted octanol–water partition coefficient (Wildman–Crippen LogP) is 0.162. The van der Waals surface area contributed by atoms with Gasteiger partial charge >= 0.3 is 0 Å². The normalized spacial score (nSPS) is 11.9. The van der Waals surface area contributed by atoms with E-state index >= 15 is 0 Å². The van der Waals surface area contributed by atoms with Crippen LogP contribution in [0.5, 0.6) is 0 Å². The van der Waals surface area contributed by atoms with Crippen molar-refractivity contribution in [3.05, 3.63) is 18.3 Å². The van der Waals surface area contributed by atoms with Gasteiger partial charge in [0.15, 0.2) is 0 Å². The summed E-state index contributed by atoms with van der Waals surface area (Å²) >= 11 is 0. The summed E-state index contributed by atoms with van der Waals surface area (Å²) in [5.41, 5.74) is 6.26. The molecule has 0 saturated heterocycles. The van der Waals surface area contributed by atoms with Gasteiger partial charge in [0, 0.05) is 13.2 Å². The Balaban J connectivity index is 2.47. The van der Waals surface area contributed by atoms with Crippen LogP contribution in [-0.2, 0) is 4.79 Å². The molecule has 1 amide bonds. The van der Waals surface area contributed by atoms with Crippen molar-refractivity contribution < 1.29 is 9.90 Å². The van der Waals surface area contributed by atoms with Crippen LogP contribution in [0.15, 0.2) is 18.3 Å². The maximum absolute atomic E-state index is 11.3. The average molecular weight is 238 g/mol. The van der Waals surface area contributed by atoms with E-state index in [9.17, 15) is 4.79 Å². The second kappa shape index (κ2) is 6.82. The van der Waals surface area contributed by atoms with Crippen LogP contribution in [0.25, 0.3) is 0 Å². The first-order valence-corrected chi connectivity index (χ1v) is 5.50. The number of amides is 1. The summed E-state index contributed by atoms with van der Waals surface area (Å²) in [6.07, 6.45) is 2.30. The first-order valence-electron chi connectivity index (χ1n) is 5.50. The molecule has 0 aliphatic heterocycles. The maximum atomic E-state index is 11.3. The SMILES string of the molecule is CC(N)C(=O)Nc1ccc(NCCCO)cn1. The Bertz CT molecular complexity index is 351. The van der Waals surface area contributed by atoms with Crippen LogP contribution in [0.4, 0.5) is 11.5 Å². The molecule has 94 valence electrons. The number of nitrogens with zero attached hydrogens (tertiary/aromatic N) is 1. The van der Waals surface area contributed by atoms with Crippen molar-refractivity contribution in [2.24, 2.45) is 5.73 Å². The predicted molar refractivity (Wildman–Crippen MR) is 66.7 cm³/mol. The number of pyridine rings is 1. The van der Waals surface area contributed by atoms with Crippen molar-refractivity contribution in [1.29, 1.82) is 0 Å². The molecule has 0 aliphatic carbocycles. The van der Waals surface area contributed by atoms with E-state index < -0.39 is 6.04 Å². The molecule has 0 saturated carbocycles. The minimum atomic E-state index is -0.556. The Morgan fingerprint density at radius 1 is 1.59 bits per heavy atom. The summed E-state index contributed by atoms with van der Waals surface area (Å²) in [5, 5.41) is 14.3. The number of nitrogens with one attached hydrogen (secondary N) is 2. The van der Waals surface area contributed by atoms with Gasteiger partial charge in [0.25, 0.3) is 0 Å². The highest BCUT2D eigenvalue weighted by Gasteiger charge is 2.07. The van der Waals surface area contributed by atoms with Crippen molar-refractivity contribution in [3.8, 4) is 0 Å². The summed E-state index contributed by atoms with van der Waals surface area (Å²) in [4.78, 5) is 15.4. The van der Waals surface area contributed by atoms with Gasteiger partial charge in [-0.05, 0) is 25.5 Å². The van der Waals surface area contributed by atoms with Crippen LogP contribution in [-0.4, -0.2) is 35.2 Å². The lowest BCUT2D eigenvalue weighted by atomic mass is 10.3. The van der Waals surface area contributed by atoms with Crippen molar-refractivity contribution in [3.63, 3.8) is 0 Å². The Labute approximate surface area is 100 Å². The molecule has 6 nitrogen and oxygen atoms in total. The van der Waals surface area contributed by atoms with Gasteiger partial charge in [0.2, 0.25) is 5.91 Å². The average Bonchev–Trinajstić information content (AvgIpc) is 2.31. The van der Waals surface area contributed by atoms with Gasteiger partial charge < -0.3 is 21.5 Å². The van der Waals surface area contributed by atoms with Gasteiger partial charge in [-0.2, -0.15) is 0 Å². The van der Waals surface area contributed by atoms with Crippen molar-refractivity contribution >= 4 is 17.4 Å². The summed E-state index contributed by atoms with van der Waals surface area (Å²) in [6.45, 7) is 2.45. The molecule has 1 atom stereocenters. The van der Waals surface area contributed by atoms with Crippen molar-refractivity contribution in [2.45, 2.75) is 19.4 Å². The molecule has 5 N–H and O–H groups in total. The van der Waals surface area contributed by atoms with Crippen LogP contribution in [0.3, 0.4) is 0 Å². The van der Waals surface area contributed by atoms with Crippen LogP contribution < -0.4 is 16.4 Å². The molecule has 6 heteroatoms. The number of carbonyl (C=O) groups excluding carboxylic acids is 1. The topological polar surface area (TPSA) is 100 Å². The monoisotopic (exact) mass is 238 g/mol. The molecule has 0 aromatic carbocycles. The zero-order valence-electron chi connectivity index (χ0n) is 9.81. The molecule has 0 radical (unpaired) electrons. The fraction of sp³-hybridized carbons (Fsp3) is 0.455. The zero-order chi connectivity index (χ0) is 12.7. The third-order valence-electron chi connectivity index (χ3n) is 2.09. The van der Waals surface area contributed by atoms with E-state index in [-0.39, 0.29) is 12.5 Å². The molecule has 1 aromatic rings. The Hall–Kier alpha value is -1.66. The lowest BCUT2D eigenvalue weighted by Gasteiger charge is -2.08. The van der Waals surface area contributed by atoms with Crippen molar-refractivity contribution in [2.75, 3.05) is 23.8 Å². The highest BCUT2D eigenvalue weighted by atomic mass is 16.3. The molecule has 0 aliphatic rings. The van der Waals surface area contributed by atoms with Gasteiger partial charge in [0.05, 0.1) is 17.9 Å². The number of hydrogen-bond acceptors (Lipinski definition) is 5. The Morgan fingerprint density at radius 3 is 2.88 bits per heavy atom. The number of aromatic nitrogens is 1. The molecule has 17 heavy (non-hydrogen) atoms. The van der Waals surface area contributed by atoms with E-state index in [1.165, 1.54) is 0 Å². The first kappa shape index (κ1) is 13.4. The molecular weight excluding hydrogens is 220 g/mol. The fourth-order valence-corrected chi connectivity index (χ4v) is 1.12. The number of aliphatic hydroxyl groups excluding tert-OH is 1. The minimum absolute atomic E-state index is 0.156. The number of carbonyl (C=O) groups is 1. The van der Waals surface area contributed by atoms with E-state index in [4.69, 9.17) is 10.8 Å². The summed E-state index contributed by atoms with van der Waals surface area (Å²) in [5.74, 6) is 0.207. The first-order chi connectivity index (χ1) is 8.13. The van der Waals surface area contributed by atoms with Gasteiger partial charge in [-0.25, -0.2) is 4.98 Å². The summed E-state index contributed by atoms with van der Waals surface area (Å²) in [7, 11) is 0. The third kappa shape index (κ3) is 4.80. The smallest absolute Gasteiger partial charge is 0.242 e. The van der Waals surface area contributed by atoms with Gasteiger partial charge in [-0.15, -0.1) is 0 Å². The van der Waals surface area contributed by atoms with E-state index in [0.29, 0.717) is 18.8 Å². The second-order valence-electron chi connectivity index (χ2n) is 3.71. The van der Waals surface area contributed by atoms with E-state index in [1.54, 1.807) is 25.3 Å². The number of anilines is 2. The van der Waals surface area contributed by atoms with Crippen molar-refractivity contribution in [1.82, 2.24) is 4.98 Å². The largest absolute Gasteiger partial charge is 0.396 e. The highest BCUT2D eigenvalue weighted by Crippen LogP contribution is 2.09. The van der Waals surface area contributed by atoms with E-state index in [2.05, 4.69) is 15.6 Å². The standard InChI is InChI=1S/C11H18N4O2/c1-8(12)11(17)15-10-4-3-9(7-14-10)13-5-2-6-16/h3-4,7-8,13,16H,2,5-6,12H2,1H3,(H,14,15,17). The van der Waals surface area contributed by atoms with E-state index in [1.807, 2.05) is 0 Å². The van der Waals surface area contributed by atoms with Crippen LogP contribution in [0.2, 0.25) is 0 Å².